The van der Waals surface area contributed by atoms with Crippen molar-refractivity contribution in [3.8, 4) is 20.2 Å². The SMILES string of the molecule is Cc1nsc(-c2cc3sc(-c4ccc5occ(C6(C(=O)O)CC6)c5c4)cc3s2)c1NC(=O)OC(C)c1ccccc1. The van der Waals surface area contributed by atoms with Gasteiger partial charge in [-0.15, -0.1) is 22.7 Å². The van der Waals surface area contributed by atoms with Gasteiger partial charge in [0.2, 0.25) is 0 Å². The molecule has 41 heavy (non-hydrogen) atoms. The summed E-state index contributed by atoms with van der Waals surface area (Å²) in [6, 6.07) is 19.9. The molecule has 0 radical (unpaired) electrons. The minimum Gasteiger partial charge on any atom is -0.481 e. The van der Waals surface area contributed by atoms with E-state index >= 15 is 0 Å². The van der Waals surface area contributed by atoms with Crippen molar-refractivity contribution in [3.63, 3.8) is 0 Å². The predicted molar refractivity (Wildman–Crippen MR) is 164 cm³/mol. The first-order valence-corrected chi connectivity index (χ1v) is 15.5. The molecule has 0 spiro atoms. The fourth-order valence-corrected chi connectivity index (χ4v) is 8.47. The molecule has 1 saturated carbocycles. The molecule has 7 rings (SSSR count). The maximum atomic E-state index is 12.8. The van der Waals surface area contributed by atoms with Crippen molar-refractivity contribution in [1.29, 1.82) is 0 Å². The van der Waals surface area contributed by atoms with Crippen molar-refractivity contribution in [3.05, 3.63) is 83.7 Å². The molecule has 0 aliphatic heterocycles. The van der Waals surface area contributed by atoms with Gasteiger partial charge in [-0.05, 0) is 79.7 Å². The van der Waals surface area contributed by atoms with Crippen molar-refractivity contribution < 1.29 is 23.8 Å². The molecule has 10 heteroatoms. The van der Waals surface area contributed by atoms with Crippen LogP contribution in [0, 0.1) is 6.92 Å². The first-order valence-electron chi connectivity index (χ1n) is 13.1. The number of carboxylic acids is 1. The highest BCUT2D eigenvalue weighted by Crippen LogP contribution is 2.52. The van der Waals surface area contributed by atoms with Crippen molar-refractivity contribution in [2.75, 3.05) is 5.32 Å². The Labute approximate surface area is 247 Å². The van der Waals surface area contributed by atoms with Gasteiger partial charge in [-0.2, -0.15) is 4.37 Å². The van der Waals surface area contributed by atoms with Gasteiger partial charge in [0, 0.05) is 25.2 Å². The van der Waals surface area contributed by atoms with Crippen LogP contribution >= 0.6 is 34.2 Å². The van der Waals surface area contributed by atoms with E-state index in [9.17, 15) is 14.7 Å². The summed E-state index contributed by atoms with van der Waals surface area (Å²) in [6.45, 7) is 3.72. The topological polar surface area (TPSA) is 102 Å². The number of aliphatic carboxylic acids is 1. The summed E-state index contributed by atoms with van der Waals surface area (Å²) in [5.74, 6) is -0.791. The number of rotatable bonds is 7. The molecule has 0 saturated heterocycles. The van der Waals surface area contributed by atoms with Gasteiger partial charge >= 0.3 is 12.1 Å². The summed E-state index contributed by atoms with van der Waals surface area (Å²) < 4.78 is 18.1. The Bertz CT molecular complexity index is 1910. The normalized spacial score (nSPS) is 14.8. The number of hydrogen-bond donors (Lipinski definition) is 2. The van der Waals surface area contributed by atoms with Crippen LogP contribution in [0.1, 0.15) is 42.7 Å². The number of hydrogen-bond acceptors (Lipinski definition) is 8. The van der Waals surface area contributed by atoms with Gasteiger partial charge in [0.25, 0.3) is 0 Å². The van der Waals surface area contributed by atoms with Crippen LogP contribution in [0.2, 0.25) is 0 Å². The number of amides is 1. The van der Waals surface area contributed by atoms with E-state index < -0.39 is 17.5 Å². The van der Waals surface area contributed by atoms with Gasteiger partial charge in [0.05, 0.1) is 32.8 Å². The number of ether oxygens (including phenoxy) is 1. The Morgan fingerprint density at radius 2 is 1.78 bits per heavy atom. The number of carbonyl (C=O) groups excluding carboxylic acids is 1. The van der Waals surface area contributed by atoms with E-state index in [2.05, 4.69) is 21.8 Å². The number of aryl methyl sites for hydroxylation is 1. The average molecular weight is 601 g/mol. The molecule has 1 aliphatic carbocycles. The zero-order chi connectivity index (χ0) is 28.3. The number of nitrogens with zero attached hydrogens (tertiary/aromatic N) is 1. The zero-order valence-electron chi connectivity index (χ0n) is 22.1. The fourth-order valence-electron chi connectivity index (χ4n) is 5.14. The molecule has 1 unspecified atom stereocenters. The second-order valence-corrected chi connectivity index (χ2v) is 13.2. The largest absolute Gasteiger partial charge is 0.481 e. The Balaban J connectivity index is 1.14. The molecule has 1 fully saturated rings. The smallest absolute Gasteiger partial charge is 0.412 e. The van der Waals surface area contributed by atoms with E-state index in [0.717, 1.165) is 51.8 Å². The minimum atomic E-state index is -0.820. The van der Waals surface area contributed by atoms with Crippen molar-refractivity contribution in [2.45, 2.75) is 38.2 Å². The van der Waals surface area contributed by atoms with Gasteiger partial charge in [-0.1, -0.05) is 30.3 Å². The summed E-state index contributed by atoms with van der Waals surface area (Å²) >= 11 is 4.69. The van der Waals surface area contributed by atoms with Crippen LogP contribution in [0.4, 0.5) is 10.5 Å². The summed E-state index contributed by atoms with van der Waals surface area (Å²) in [7, 11) is 0. The lowest BCUT2D eigenvalue weighted by Crippen LogP contribution is -2.18. The lowest BCUT2D eigenvalue weighted by molar-refractivity contribution is -0.140. The molecular weight excluding hydrogens is 577 g/mol. The molecule has 2 aromatic carbocycles. The van der Waals surface area contributed by atoms with Gasteiger partial charge < -0.3 is 14.3 Å². The average Bonchev–Trinajstić information content (AvgIpc) is 3.21. The van der Waals surface area contributed by atoms with E-state index in [1.807, 2.05) is 62.4 Å². The standard InChI is InChI=1S/C31H24N2O5S3/c1-16-27(32-30(36)38-17(2)18-6-4-3-5-7-18)28(41-33-16)26-14-25-24(40-26)13-23(39-25)19-8-9-22-20(12-19)21(15-37-22)31(10-11-31)29(34)35/h3-9,12-15,17H,10-11H2,1-2H3,(H,32,36)(H,34,35). The van der Waals surface area contributed by atoms with Crippen LogP contribution < -0.4 is 5.32 Å². The summed E-state index contributed by atoms with van der Waals surface area (Å²) in [5.41, 5.74) is 4.01. The van der Waals surface area contributed by atoms with Crippen LogP contribution in [-0.2, 0) is 14.9 Å². The van der Waals surface area contributed by atoms with Crippen LogP contribution in [0.3, 0.4) is 0 Å². The summed E-state index contributed by atoms with van der Waals surface area (Å²) in [6.07, 6.45) is 1.98. The maximum Gasteiger partial charge on any atom is 0.412 e. The number of carbonyl (C=O) groups is 2. The molecule has 4 aromatic heterocycles. The van der Waals surface area contributed by atoms with Crippen molar-refractivity contribution in [2.24, 2.45) is 0 Å². The van der Waals surface area contributed by atoms with Gasteiger partial charge in [-0.25, -0.2) is 4.79 Å². The third-order valence-electron chi connectivity index (χ3n) is 7.61. The van der Waals surface area contributed by atoms with Crippen molar-refractivity contribution >= 4 is 72.3 Å². The van der Waals surface area contributed by atoms with E-state index in [1.165, 1.54) is 11.5 Å². The summed E-state index contributed by atoms with van der Waals surface area (Å²) in [4.78, 5) is 27.7. The Morgan fingerprint density at radius 1 is 1.05 bits per heavy atom. The molecule has 1 amide bonds. The van der Waals surface area contributed by atoms with E-state index in [-0.39, 0.29) is 6.10 Å². The zero-order valence-corrected chi connectivity index (χ0v) is 24.5. The molecule has 0 bridgehead atoms. The number of carboxylic acid groups (broad SMARTS) is 1. The third kappa shape index (κ3) is 4.52. The molecule has 1 aliphatic rings. The van der Waals surface area contributed by atoms with Gasteiger partial charge in [0.1, 0.15) is 11.7 Å². The monoisotopic (exact) mass is 600 g/mol. The Hall–Kier alpha value is -3.99. The van der Waals surface area contributed by atoms with Gasteiger partial charge in [0.15, 0.2) is 0 Å². The number of fused-ring (bicyclic) bond motifs is 2. The van der Waals surface area contributed by atoms with E-state index in [0.29, 0.717) is 24.1 Å². The molecule has 1 atom stereocenters. The minimum absolute atomic E-state index is 0.381. The second-order valence-electron chi connectivity index (χ2n) is 10.3. The van der Waals surface area contributed by atoms with Crippen LogP contribution in [0.25, 0.3) is 40.6 Å². The number of furan rings is 1. The van der Waals surface area contributed by atoms with Crippen LogP contribution in [-0.4, -0.2) is 21.5 Å². The molecule has 6 aromatic rings. The fraction of sp³-hybridized carbons (Fsp3) is 0.194. The molecule has 4 heterocycles. The quantitative estimate of drug-likeness (QED) is 0.189. The second kappa shape index (κ2) is 9.83. The highest BCUT2D eigenvalue weighted by atomic mass is 32.1. The predicted octanol–water partition coefficient (Wildman–Crippen LogP) is 9.23. The summed E-state index contributed by atoms with van der Waals surface area (Å²) in [5, 5.41) is 13.6. The Morgan fingerprint density at radius 3 is 2.51 bits per heavy atom. The number of aromatic nitrogens is 1. The number of anilines is 1. The maximum absolute atomic E-state index is 12.8. The molecular formula is C31H24N2O5S3. The van der Waals surface area contributed by atoms with Crippen LogP contribution in [0.5, 0.6) is 0 Å². The number of benzene rings is 2. The lowest BCUT2D eigenvalue weighted by atomic mass is 9.95. The van der Waals surface area contributed by atoms with Crippen LogP contribution in [0.15, 0.2) is 71.3 Å². The first kappa shape index (κ1) is 25.9. The van der Waals surface area contributed by atoms with E-state index in [1.54, 1.807) is 28.9 Å². The molecule has 206 valence electrons. The van der Waals surface area contributed by atoms with Crippen molar-refractivity contribution in [1.82, 2.24) is 4.37 Å². The number of nitrogens with one attached hydrogen (secondary N) is 1. The Kier molecular flexibility index (Phi) is 6.22. The third-order valence-corrected chi connectivity index (χ3v) is 11.1. The lowest BCUT2D eigenvalue weighted by Gasteiger charge is -2.14. The highest BCUT2D eigenvalue weighted by Gasteiger charge is 2.53. The molecule has 2 N–H and O–H groups in total. The molecule has 7 nitrogen and oxygen atoms in total. The number of thiophene rings is 2. The highest BCUT2D eigenvalue weighted by molar-refractivity contribution is 7.32. The van der Waals surface area contributed by atoms with Gasteiger partial charge in [-0.3, -0.25) is 10.1 Å². The van der Waals surface area contributed by atoms with E-state index in [4.69, 9.17) is 9.15 Å². The first-order chi connectivity index (χ1) is 19.8.